The summed E-state index contributed by atoms with van der Waals surface area (Å²) in [6.45, 7) is 6.29. The first kappa shape index (κ1) is 22.1. The topological polar surface area (TPSA) is 104 Å². The highest BCUT2D eigenvalue weighted by atomic mass is 16.5. The average Bonchev–Trinajstić information content (AvgIpc) is 2.74. The van der Waals surface area contributed by atoms with Crippen LogP contribution in [0.3, 0.4) is 0 Å². The summed E-state index contributed by atoms with van der Waals surface area (Å²) in [5, 5.41) is 3.63. The minimum Gasteiger partial charge on any atom is -0.494 e. The number of carbonyl (C=O) groups excluding carboxylic acids is 1. The zero-order valence-electron chi connectivity index (χ0n) is 17.9. The van der Waals surface area contributed by atoms with Crippen molar-refractivity contribution in [1.82, 2.24) is 0 Å². The fourth-order valence-electron chi connectivity index (χ4n) is 3.24. The molecule has 3 aromatic rings. The normalized spacial score (nSPS) is 11.4. The molecule has 0 aliphatic heterocycles. The molecule has 0 aliphatic carbocycles. The molecule has 7 nitrogen and oxygen atoms in total. The van der Waals surface area contributed by atoms with Gasteiger partial charge in [0.2, 0.25) is 0 Å². The number of ether oxygens (including phenoxy) is 2. The molecule has 3 N–H and O–H groups in total. The Balaban J connectivity index is 1.66. The van der Waals surface area contributed by atoms with Crippen molar-refractivity contribution in [2.45, 2.75) is 20.8 Å². The van der Waals surface area contributed by atoms with Gasteiger partial charge in [-0.1, -0.05) is 0 Å². The summed E-state index contributed by atoms with van der Waals surface area (Å²) in [4.78, 5) is 24.0. The number of anilines is 1. The van der Waals surface area contributed by atoms with Gasteiger partial charge in [0.25, 0.3) is 5.91 Å². The zero-order chi connectivity index (χ0) is 22.4. The molecule has 1 heterocycles. The van der Waals surface area contributed by atoms with E-state index in [1.54, 1.807) is 31.2 Å². The van der Waals surface area contributed by atoms with Crippen molar-refractivity contribution in [3.8, 4) is 5.75 Å². The van der Waals surface area contributed by atoms with E-state index < -0.39 is 5.63 Å². The number of hydrogen-bond acceptors (Lipinski definition) is 6. The van der Waals surface area contributed by atoms with E-state index in [2.05, 4.69) is 5.32 Å². The van der Waals surface area contributed by atoms with Crippen molar-refractivity contribution < 1.29 is 18.7 Å². The van der Waals surface area contributed by atoms with E-state index in [9.17, 15) is 9.59 Å². The third-order valence-corrected chi connectivity index (χ3v) is 4.73. The molecule has 0 spiro atoms. The first-order chi connectivity index (χ1) is 14.9. The SMILES string of the molecule is CCOC(=CCN)c1ccc(NC(=O)COc2ccc3c(C)cc(=O)oc3c2C)cc1. The number of nitrogens with one attached hydrogen (secondary N) is 1. The number of carbonyl (C=O) groups is 1. The second kappa shape index (κ2) is 9.95. The average molecular weight is 422 g/mol. The van der Waals surface area contributed by atoms with E-state index >= 15 is 0 Å². The minimum atomic E-state index is -0.416. The van der Waals surface area contributed by atoms with E-state index in [0.717, 1.165) is 16.5 Å². The van der Waals surface area contributed by atoms with Crippen LogP contribution in [0.4, 0.5) is 5.69 Å². The Hall–Kier alpha value is -3.58. The second-order valence-electron chi connectivity index (χ2n) is 6.97. The molecule has 0 bridgehead atoms. The summed E-state index contributed by atoms with van der Waals surface area (Å²) < 4.78 is 16.6. The Labute approximate surface area is 180 Å². The third-order valence-electron chi connectivity index (χ3n) is 4.73. The van der Waals surface area contributed by atoms with Crippen LogP contribution < -0.4 is 21.4 Å². The summed E-state index contributed by atoms with van der Waals surface area (Å²) in [6, 6.07) is 12.3. The Bertz CT molecular complexity index is 1160. The fraction of sp³-hybridized carbons (Fsp3) is 0.250. The lowest BCUT2D eigenvalue weighted by atomic mass is 10.1. The number of amides is 1. The lowest BCUT2D eigenvalue weighted by Gasteiger charge is -2.12. The summed E-state index contributed by atoms with van der Waals surface area (Å²) in [5.41, 5.74) is 8.65. The quantitative estimate of drug-likeness (QED) is 0.423. The monoisotopic (exact) mass is 422 g/mol. The maximum Gasteiger partial charge on any atom is 0.336 e. The van der Waals surface area contributed by atoms with Gasteiger partial charge in [-0.25, -0.2) is 4.79 Å². The van der Waals surface area contributed by atoms with Crippen LogP contribution in [0, 0.1) is 13.8 Å². The minimum absolute atomic E-state index is 0.179. The fourth-order valence-corrected chi connectivity index (χ4v) is 3.24. The van der Waals surface area contributed by atoms with E-state index in [1.165, 1.54) is 6.07 Å². The molecule has 1 amide bonds. The van der Waals surface area contributed by atoms with Crippen LogP contribution in [0.15, 0.2) is 57.8 Å². The van der Waals surface area contributed by atoms with E-state index in [1.807, 2.05) is 32.0 Å². The van der Waals surface area contributed by atoms with Crippen LogP contribution in [0.2, 0.25) is 0 Å². The summed E-state index contributed by atoms with van der Waals surface area (Å²) in [6.07, 6.45) is 1.81. The number of aryl methyl sites for hydroxylation is 2. The molecule has 0 saturated heterocycles. The van der Waals surface area contributed by atoms with Gasteiger partial charge in [0.1, 0.15) is 17.1 Å². The van der Waals surface area contributed by atoms with Gasteiger partial charge in [0, 0.05) is 34.8 Å². The van der Waals surface area contributed by atoms with Crippen molar-refractivity contribution in [2.24, 2.45) is 5.73 Å². The van der Waals surface area contributed by atoms with Crippen LogP contribution in [0.25, 0.3) is 16.7 Å². The molecule has 31 heavy (non-hydrogen) atoms. The molecule has 1 aromatic heterocycles. The van der Waals surface area contributed by atoms with Crippen LogP contribution >= 0.6 is 0 Å². The molecular formula is C24H26N2O5. The maximum atomic E-state index is 12.3. The molecule has 0 aliphatic rings. The molecule has 0 unspecified atom stereocenters. The standard InChI is InChI=1S/C24H26N2O5/c1-4-29-21(11-12-25)17-5-7-18(8-6-17)26-22(27)14-30-20-10-9-19-15(2)13-23(28)31-24(19)16(20)3/h5-11,13H,4,12,14,25H2,1-3H3,(H,26,27). The van der Waals surface area contributed by atoms with E-state index in [-0.39, 0.29) is 12.5 Å². The predicted octanol–water partition coefficient (Wildman–Crippen LogP) is 3.76. The van der Waals surface area contributed by atoms with Gasteiger partial charge in [0.05, 0.1) is 6.61 Å². The number of nitrogens with two attached hydrogens (primary N) is 1. The molecule has 3 rings (SSSR count). The van der Waals surface area contributed by atoms with Crippen molar-refractivity contribution in [3.05, 3.63) is 75.7 Å². The molecule has 0 radical (unpaired) electrons. The van der Waals surface area contributed by atoms with Crippen molar-refractivity contribution >= 4 is 28.3 Å². The van der Waals surface area contributed by atoms with Gasteiger partial charge in [-0.2, -0.15) is 0 Å². The third kappa shape index (κ3) is 5.32. The zero-order valence-corrected chi connectivity index (χ0v) is 17.9. The van der Waals surface area contributed by atoms with Gasteiger partial charge < -0.3 is 24.9 Å². The maximum absolute atomic E-state index is 12.3. The molecule has 2 aromatic carbocycles. The molecule has 162 valence electrons. The smallest absolute Gasteiger partial charge is 0.336 e. The van der Waals surface area contributed by atoms with Crippen molar-refractivity contribution in [2.75, 3.05) is 25.1 Å². The Morgan fingerprint density at radius 2 is 1.90 bits per heavy atom. The lowest BCUT2D eigenvalue weighted by Crippen LogP contribution is -2.20. The Kier molecular flexibility index (Phi) is 7.10. The van der Waals surface area contributed by atoms with Gasteiger partial charge in [-0.15, -0.1) is 0 Å². The molecular weight excluding hydrogens is 396 g/mol. The first-order valence-electron chi connectivity index (χ1n) is 10.0. The van der Waals surface area contributed by atoms with Crippen LogP contribution in [-0.2, 0) is 9.53 Å². The number of hydrogen-bond donors (Lipinski definition) is 2. The van der Waals surface area contributed by atoms with Crippen molar-refractivity contribution in [1.29, 1.82) is 0 Å². The Morgan fingerprint density at radius 3 is 2.58 bits per heavy atom. The van der Waals surface area contributed by atoms with Gasteiger partial charge in [-0.05, 0) is 68.8 Å². The summed E-state index contributed by atoms with van der Waals surface area (Å²) in [7, 11) is 0. The van der Waals surface area contributed by atoms with E-state index in [4.69, 9.17) is 19.6 Å². The highest BCUT2D eigenvalue weighted by Crippen LogP contribution is 2.28. The van der Waals surface area contributed by atoms with Crippen LogP contribution in [-0.4, -0.2) is 25.7 Å². The lowest BCUT2D eigenvalue weighted by molar-refractivity contribution is -0.118. The number of benzene rings is 2. The van der Waals surface area contributed by atoms with Crippen LogP contribution in [0.5, 0.6) is 5.75 Å². The molecule has 0 saturated carbocycles. The van der Waals surface area contributed by atoms with Crippen molar-refractivity contribution in [3.63, 3.8) is 0 Å². The second-order valence-corrected chi connectivity index (χ2v) is 6.97. The van der Waals surface area contributed by atoms with E-state index in [0.29, 0.717) is 41.5 Å². The number of fused-ring (bicyclic) bond motifs is 1. The number of rotatable bonds is 8. The largest absolute Gasteiger partial charge is 0.494 e. The van der Waals surface area contributed by atoms with Gasteiger partial charge in [0.15, 0.2) is 6.61 Å². The van der Waals surface area contributed by atoms with Gasteiger partial charge in [-0.3, -0.25) is 4.79 Å². The van der Waals surface area contributed by atoms with Gasteiger partial charge >= 0.3 is 5.63 Å². The molecule has 0 fully saturated rings. The van der Waals surface area contributed by atoms with Crippen LogP contribution in [0.1, 0.15) is 23.6 Å². The highest BCUT2D eigenvalue weighted by molar-refractivity contribution is 5.92. The summed E-state index contributed by atoms with van der Waals surface area (Å²) in [5.74, 6) is 0.889. The Morgan fingerprint density at radius 1 is 1.16 bits per heavy atom. The molecule has 7 heteroatoms. The predicted molar refractivity (Wildman–Crippen MR) is 121 cm³/mol. The summed E-state index contributed by atoms with van der Waals surface area (Å²) >= 11 is 0. The molecule has 0 atom stereocenters. The highest BCUT2D eigenvalue weighted by Gasteiger charge is 2.12. The first-order valence-corrected chi connectivity index (χ1v) is 10.0.